The molecule has 0 aliphatic carbocycles. The number of amides is 1. The van der Waals surface area contributed by atoms with Gasteiger partial charge in [0, 0.05) is 7.05 Å². The number of hydrogen-bond donors (Lipinski definition) is 1. The molecule has 0 saturated heterocycles. The fourth-order valence-corrected chi connectivity index (χ4v) is 2.53. The van der Waals surface area contributed by atoms with Crippen LogP contribution in [-0.4, -0.2) is 17.9 Å². The molecule has 2 heterocycles. The third-order valence-corrected chi connectivity index (χ3v) is 3.60. The predicted octanol–water partition coefficient (Wildman–Crippen LogP) is 2.73. The van der Waals surface area contributed by atoms with E-state index >= 15 is 0 Å². The minimum atomic E-state index is -0.0901. The quantitative estimate of drug-likeness (QED) is 0.910. The average molecular weight is 250 g/mol. The van der Waals surface area contributed by atoms with E-state index in [0.29, 0.717) is 4.88 Å². The van der Waals surface area contributed by atoms with Crippen LogP contribution in [0.4, 0.5) is 0 Å². The zero-order valence-electron chi connectivity index (χ0n) is 8.64. The van der Waals surface area contributed by atoms with E-state index in [0.717, 1.165) is 10.6 Å². The van der Waals surface area contributed by atoms with Crippen LogP contribution >= 0.6 is 22.7 Å². The molecule has 2 aromatic heterocycles. The molecule has 1 amide bonds. The molecule has 0 radical (unpaired) electrons. The van der Waals surface area contributed by atoms with Gasteiger partial charge in [-0.2, -0.15) is 11.3 Å². The number of thiazole rings is 1. The standard InChI is InChI=1S/C11H10N2OS2/c1-12-11(14)9-6-13-10(16-9)3-2-8-4-5-15-7-8/h2-7H,1H3,(H,12,14). The van der Waals surface area contributed by atoms with Gasteiger partial charge in [0.15, 0.2) is 0 Å². The number of nitrogens with one attached hydrogen (secondary N) is 1. The first-order valence-corrected chi connectivity index (χ1v) is 6.43. The average Bonchev–Trinajstić information content (AvgIpc) is 2.96. The number of thiophene rings is 1. The molecule has 16 heavy (non-hydrogen) atoms. The van der Waals surface area contributed by atoms with Gasteiger partial charge in [-0.05, 0) is 28.5 Å². The first-order valence-electron chi connectivity index (χ1n) is 4.68. The Balaban J connectivity index is 2.11. The summed E-state index contributed by atoms with van der Waals surface area (Å²) in [5.74, 6) is -0.0901. The summed E-state index contributed by atoms with van der Waals surface area (Å²) in [6.45, 7) is 0. The van der Waals surface area contributed by atoms with E-state index in [9.17, 15) is 4.79 Å². The van der Waals surface area contributed by atoms with E-state index in [4.69, 9.17) is 0 Å². The second-order valence-corrected chi connectivity index (χ2v) is 4.87. The van der Waals surface area contributed by atoms with E-state index in [1.165, 1.54) is 11.3 Å². The van der Waals surface area contributed by atoms with Crippen molar-refractivity contribution in [2.75, 3.05) is 7.05 Å². The SMILES string of the molecule is CNC(=O)c1cnc(C=Cc2ccsc2)s1. The molecular formula is C11H10N2OS2. The maximum Gasteiger partial charge on any atom is 0.262 e. The van der Waals surface area contributed by atoms with Gasteiger partial charge in [0.05, 0.1) is 6.20 Å². The highest BCUT2D eigenvalue weighted by Crippen LogP contribution is 2.16. The fourth-order valence-electron chi connectivity index (χ4n) is 1.13. The van der Waals surface area contributed by atoms with E-state index in [-0.39, 0.29) is 5.91 Å². The zero-order valence-corrected chi connectivity index (χ0v) is 10.3. The molecule has 0 spiro atoms. The lowest BCUT2D eigenvalue weighted by Gasteiger charge is -1.90. The Morgan fingerprint density at radius 2 is 2.38 bits per heavy atom. The molecule has 0 aromatic carbocycles. The van der Waals surface area contributed by atoms with Crippen LogP contribution in [0.3, 0.4) is 0 Å². The molecule has 0 aliphatic rings. The van der Waals surface area contributed by atoms with E-state index in [1.807, 2.05) is 23.6 Å². The van der Waals surface area contributed by atoms with Crippen LogP contribution < -0.4 is 5.32 Å². The Kier molecular flexibility index (Phi) is 3.48. The van der Waals surface area contributed by atoms with Gasteiger partial charge < -0.3 is 5.32 Å². The van der Waals surface area contributed by atoms with Crippen molar-refractivity contribution in [2.24, 2.45) is 0 Å². The fraction of sp³-hybridized carbons (Fsp3) is 0.0909. The summed E-state index contributed by atoms with van der Waals surface area (Å²) in [4.78, 5) is 16.1. The first-order chi connectivity index (χ1) is 7.79. The number of carbonyl (C=O) groups is 1. The van der Waals surface area contributed by atoms with Crippen molar-refractivity contribution < 1.29 is 4.79 Å². The monoisotopic (exact) mass is 250 g/mol. The summed E-state index contributed by atoms with van der Waals surface area (Å²) < 4.78 is 0. The predicted molar refractivity (Wildman–Crippen MR) is 68.8 cm³/mol. The highest BCUT2D eigenvalue weighted by atomic mass is 32.1. The lowest BCUT2D eigenvalue weighted by atomic mass is 10.3. The van der Waals surface area contributed by atoms with Gasteiger partial charge in [-0.1, -0.05) is 6.08 Å². The lowest BCUT2D eigenvalue weighted by molar-refractivity contribution is 0.0967. The Bertz CT molecular complexity index is 500. The summed E-state index contributed by atoms with van der Waals surface area (Å²) in [6.07, 6.45) is 5.50. The molecule has 0 atom stereocenters. The third-order valence-electron chi connectivity index (χ3n) is 1.94. The van der Waals surface area contributed by atoms with Crippen molar-refractivity contribution in [1.82, 2.24) is 10.3 Å². The smallest absolute Gasteiger partial charge is 0.262 e. The van der Waals surface area contributed by atoms with Crippen LogP contribution in [0, 0.1) is 0 Å². The topological polar surface area (TPSA) is 42.0 Å². The zero-order chi connectivity index (χ0) is 11.4. The summed E-state index contributed by atoms with van der Waals surface area (Å²) in [5, 5.41) is 7.50. The minimum absolute atomic E-state index is 0.0901. The number of carbonyl (C=O) groups excluding carboxylic acids is 1. The van der Waals surface area contributed by atoms with Gasteiger partial charge in [-0.25, -0.2) is 4.98 Å². The first kappa shape index (κ1) is 11.0. The van der Waals surface area contributed by atoms with Gasteiger partial charge in [0.1, 0.15) is 9.88 Å². The molecule has 1 N–H and O–H groups in total. The molecule has 82 valence electrons. The molecule has 0 unspecified atom stereocenters. The molecule has 0 aliphatic heterocycles. The van der Waals surface area contributed by atoms with Gasteiger partial charge in [0.2, 0.25) is 0 Å². The maximum atomic E-state index is 11.3. The summed E-state index contributed by atoms with van der Waals surface area (Å²) >= 11 is 3.04. The largest absolute Gasteiger partial charge is 0.354 e. The Hall–Kier alpha value is -1.46. The Morgan fingerprint density at radius 1 is 1.50 bits per heavy atom. The van der Waals surface area contributed by atoms with Gasteiger partial charge >= 0.3 is 0 Å². The van der Waals surface area contributed by atoms with E-state index in [1.54, 1.807) is 24.6 Å². The van der Waals surface area contributed by atoms with Crippen molar-refractivity contribution in [3.63, 3.8) is 0 Å². The van der Waals surface area contributed by atoms with Gasteiger partial charge in [-0.3, -0.25) is 4.79 Å². The van der Waals surface area contributed by atoms with Crippen LogP contribution in [0.1, 0.15) is 20.2 Å². The number of hydrogen-bond acceptors (Lipinski definition) is 4. The lowest BCUT2D eigenvalue weighted by Crippen LogP contribution is -2.16. The number of aromatic nitrogens is 1. The molecule has 0 fully saturated rings. The van der Waals surface area contributed by atoms with Crippen LogP contribution in [0.5, 0.6) is 0 Å². The van der Waals surface area contributed by atoms with Crippen molar-refractivity contribution >= 4 is 40.7 Å². The number of nitrogens with zero attached hydrogens (tertiary/aromatic N) is 1. The summed E-state index contributed by atoms with van der Waals surface area (Å²) in [7, 11) is 1.61. The van der Waals surface area contributed by atoms with Crippen molar-refractivity contribution in [3.05, 3.63) is 38.5 Å². The van der Waals surface area contributed by atoms with Crippen LogP contribution in [0.25, 0.3) is 12.2 Å². The van der Waals surface area contributed by atoms with Crippen LogP contribution in [0.2, 0.25) is 0 Å². The van der Waals surface area contributed by atoms with Gasteiger partial charge in [0.25, 0.3) is 5.91 Å². The molecule has 3 nitrogen and oxygen atoms in total. The Labute approximate surface area is 101 Å². The van der Waals surface area contributed by atoms with E-state index in [2.05, 4.69) is 15.7 Å². The van der Waals surface area contributed by atoms with Crippen molar-refractivity contribution in [1.29, 1.82) is 0 Å². The Morgan fingerprint density at radius 3 is 3.06 bits per heavy atom. The molecule has 0 bridgehead atoms. The highest BCUT2D eigenvalue weighted by molar-refractivity contribution is 7.14. The summed E-state index contributed by atoms with van der Waals surface area (Å²) in [6, 6.07) is 2.04. The molecular weight excluding hydrogens is 240 g/mol. The molecule has 2 aromatic rings. The second kappa shape index (κ2) is 5.05. The van der Waals surface area contributed by atoms with Crippen LogP contribution in [0.15, 0.2) is 23.0 Å². The van der Waals surface area contributed by atoms with E-state index < -0.39 is 0 Å². The molecule has 2 rings (SSSR count). The minimum Gasteiger partial charge on any atom is -0.354 e. The normalized spacial score (nSPS) is 10.8. The number of rotatable bonds is 3. The van der Waals surface area contributed by atoms with Crippen LogP contribution in [-0.2, 0) is 0 Å². The maximum absolute atomic E-state index is 11.3. The molecule has 5 heteroatoms. The second-order valence-electron chi connectivity index (χ2n) is 3.03. The third kappa shape index (κ3) is 2.56. The van der Waals surface area contributed by atoms with Crippen molar-refractivity contribution in [3.8, 4) is 0 Å². The highest BCUT2D eigenvalue weighted by Gasteiger charge is 2.06. The molecule has 0 saturated carbocycles. The summed E-state index contributed by atoms with van der Waals surface area (Å²) in [5.41, 5.74) is 1.15. The van der Waals surface area contributed by atoms with Crippen molar-refractivity contribution in [2.45, 2.75) is 0 Å². The van der Waals surface area contributed by atoms with Gasteiger partial charge in [-0.15, -0.1) is 11.3 Å².